The van der Waals surface area contributed by atoms with Gasteiger partial charge in [0.1, 0.15) is 23.4 Å². The zero-order valence-electron chi connectivity index (χ0n) is 14.7. The van der Waals surface area contributed by atoms with E-state index in [2.05, 4.69) is 4.36 Å². The highest BCUT2D eigenvalue weighted by molar-refractivity contribution is 7.94. The predicted octanol–water partition coefficient (Wildman–Crippen LogP) is 4.25. The van der Waals surface area contributed by atoms with Crippen LogP contribution in [0.3, 0.4) is 0 Å². The fourth-order valence-corrected chi connectivity index (χ4v) is 4.36. The molecule has 0 spiro atoms. The number of aliphatic hydroxyl groups is 1. The molecular weight excluding hydrogens is 433 g/mol. The zero-order valence-corrected chi connectivity index (χ0v) is 15.5. The summed E-state index contributed by atoms with van der Waals surface area (Å²) in [4.78, 5) is -0.914. The largest absolute Gasteiger partial charge is 0.457 e. The van der Waals surface area contributed by atoms with Crippen LogP contribution >= 0.6 is 0 Å². The van der Waals surface area contributed by atoms with Crippen molar-refractivity contribution in [3.63, 3.8) is 0 Å². The molecule has 0 amide bonds. The van der Waals surface area contributed by atoms with Crippen molar-refractivity contribution in [2.75, 3.05) is 0 Å². The summed E-state index contributed by atoms with van der Waals surface area (Å²) in [7, 11) is -4.77. The highest BCUT2D eigenvalue weighted by Gasteiger charge is 2.51. The third kappa shape index (κ3) is 3.56. The maximum atomic E-state index is 14.2. The van der Waals surface area contributed by atoms with Crippen LogP contribution < -0.4 is 4.74 Å². The number of halogens is 5. The minimum atomic E-state index is -4.77. The van der Waals surface area contributed by atoms with Crippen LogP contribution in [0.25, 0.3) is 0 Å². The first kappa shape index (κ1) is 21.5. The molecule has 0 aliphatic heterocycles. The number of hydrogen-bond acceptors (Lipinski definition) is 6. The molecule has 0 aromatic heterocycles. The van der Waals surface area contributed by atoms with Crippen LogP contribution in [0.15, 0.2) is 39.6 Å². The molecule has 2 aromatic carbocycles. The third-order valence-electron chi connectivity index (χ3n) is 4.32. The monoisotopic (exact) mass is 443 g/mol. The summed E-state index contributed by atoms with van der Waals surface area (Å²) in [6.45, 7) is 0. The minimum Gasteiger partial charge on any atom is -0.457 e. The van der Waals surface area contributed by atoms with Crippen LogP contribution in [0, 0.1) is 28.6 Å². The fraction of sp³-hybridized carbons (Fsp3) is 0.222. The summed E-state index contributed by atoms with van der Waals surface area (Å²) in [6, 6.07) is 6.21. The average Bonchev–Trinajstić information content (AvgIpc) is 2.91. The van der Waals surface area contributed by atoms with E-state index < -0.39 is 55.8 Å². The lowest BCUT2D eigenvalue weighted by Gasteiger charge is -2.18. The highest BCUT2D eigenvalue weighted by Crippen LogP contribution is 2.50. The Balaban J connectivity index is 2.23. The van der Waals surface area contributed by atoms with Gasteiger partial charge in [-0.15, -0.1) is 4.36 Å². The molecule has 1 unspecified atom stereocenters. The Morgan fingerprint density at radius 3 is 2.57 bits per heavy atom. The van der Waals surface area contributed by atoms with E-state index in [-0.39, 0.29) is 17.1 Å². The molecule has 1 aliphatic carbocycles. The Bertz CT molecular complexity index is 1230. The van der Waals surface area contributed by atoms with Crippen molar-refractivity contribution in [2.24, 2.45) is 4.36 Å². The molecule has 0 saturated heterocycles. The minimum absolute atomic E-state index is 0.128. The second-order valence-corrected chi connectivity index (χ2v) is 8.32. The lowest BCUT2D eigenvalue weighted by molar-refractivity contribution is -0.0976. The van der Waals surface area contributed by atoms with Crippen molar-refractivity contribution in [3.05, 3.63) is 52.8 Å². The van der Waals surface area contributed by atoms with Crippen molar-refractivity contribution in [2.45, 2.75) is 29.1 Å². The quantitative estimate of drug-likeness (QED) is 0.562. The summed E-state index contributed by atoms with van der Waals surface area (Å²) >= 11 is 0. The van der Waals surface area contributed by atoms with Crippen LogP contribution in [0.2, 0.25) is 0 Å². The second-order valence-electron chi connectivity index (χ2n) is 6.20. The van der Waals surface area contributed by atoms with Gasteiger partial charge in [-0.2, -0.15) is 19.3 Å². The maximum Gasteiger partial charge on any atom is 0.324 e. The molecule has 30 heavy (non-hydrogen) atoms. The van der Waals surface area contributed by atoms with Gasteiger partial charge in [0, 0.05) is 23.6 Å². The van der Waals surface area contributed by atoms with Crippen molar-refractivity contribution in [1.82, 2.24) is 0 Å². The lowest BCUT2D eigenvalue weighted by Crippen LogP contribution is -2.23. The topological polar surface area (TPSA) is 106 Å². The number of nitrogens with zero attached hydrogens (tertiary/aromatic N) is 3. The predicted molar refractivity (Wildman–Crippen MR) is 91.7 cm³/mol. The fourth-order valence-electron chi connectivity index (χ4n) is 3.06. The SMILES string of the molecule is N#CN=S(=O)(c1ccc(Oc2cc(F)cc(C#N)c2)c2c1[C@H](O)C(F)(F)C2)C(F)F. The molecule has 2 atom stereocenters. The Hall–Kier alpha value is -3.22. The van der Waals surface area contributed by atoms with Crippen LogP contribution in [-0.4, -0.2) is 21.0 Å². The first-order valence-electron chi connectivity index (χ1n) is 8.06. The van der Waals surface area contributed by atoms with Crippen LogP contribution in [0.5, 0.6) is 11.5 Å². The molecule has 0 saturated carbocycles. The third-order valence-corrected chi connectivity index (χ3v) is 6.14. The van der Waals surface area contributed by atoms with Crippen LogP contribution in [0.4, 0.5) is 22.0 Å². The van der Waals surface area contributed by atoms with Gasteiger partial charge < -0.3 is 9.84 Å². The highest BCUT2D eigenvalue weighted by atomic mass is 32.2. The van der Waals surface area contributed by atoms with Gasteiger partial charge in [0.2, 0.25) is 6.19 Å². The Kier molecular flexibility index (Phi) is 5.41. The average molecular weight is 443 g/mol. The summed E-state index contributed by atoms with van der Waals surface area (Å²) in [5.41, 5.74) is -1.37. The zero-order chi connectivity index (χ0) is 22.3. The molecule has 1 aliphatic rings. The molecule has 156 valence electrons. The Morgan fingerprint density at radius 2 is 1.97 bits per heavy atom. The van der Waals surface area contributed by atoms with Gasteiger partial charge in [-0.3, -0.25) is 0 Å². The first-order valence-corrected chi connectivity index (χ1v) is 9.64. The number of aliphatic hydroxyl groups excluding tert-OH is 1. The van der Waals surface area contributed by atoms with E-state index >= 15 is 0 Å². The smallest absolute Gasteiger partial charge is 0.324 e. The number of rotatable bonds is 4. The molecule has 2 aromatic rings. The molecule has 0 fully saturated rings. The van der Waals surface area contributed by atoms with Crippen LogP contribution in [-0.2, 0) is 16.1 Å². The van der Waals surface area contributed by atoms with E-state index in [4.69, 9.17) is 15.3 Å². The van der Waals surface area contributed by atoms with Gasteiger partial charge in [0.05, 0.1) is 16.5 Å². The summed E-state index contributed by atoms with van der Waals surface area (Å²) < 4.78 is 89.6. The van der Waals surface area contributed by atoms with Crippen LogP contribution in [0.1, 0.15) is 22.8 Å². The maximum absolute atomic E-state index is 14.2. The first-order chi connectivity index (χ1) is 14.0. The van der Waals surface area contributed by atoms with Crippen molar-refractivity contribution in [3.8, 4) is 23.8 Å². The molecule has 0 heterocycles. The number of nitriles is 2. The summed E-state index contributed by atoms with van der Waals surface area (Å²) in [5.74, 6) is -8.96. The van der Waals surface area contributed by atoms with Gasteiger partial charge in [0.15, 0.2) is 9.73 Å². The lowest BCUT2D eigenvalue weighted by atomic mass is 10.1. The molecule has 12 heteroatoms. The van der Waals surface area contributed by atoms with E-state index in [0.29, 0.717) is 0 Å². The van der Waals surface area contributed by atoms with E-state index in [1.807, 2.05) is 0 Å². The molecular formula is C18H10F5N3O3S. The number of fused-ring (bicyclic) bond motifs is 1. The molecule has 6 nitrogen and oxygen atoms in total. The second kappa shape index (κ2) is 7.55. The number of hydrogen-bond donors (Lipinski definition) is 1. The normalized spacial score (nSPS) is 18.8. The van der Waals surface area contributed by atoms with Crippen molar-refractivity contribution < 1.29 is 36.0 Å². The van der Waals surface area contributed by atoms with Gasteiger partial charge in [-0.05, 0) is 24.3 Å². The Labute approximate surface area is 166 Å². The summed E-state index contributed by atoms with van der Waals surface area (Å²) in [6.07, 6.45) is -2.78. The molecule has 1 N–H and O–H groups in total. The van der Waals surface area contributed by atoms with E-state index in [1.54, 1.807) is 6.07 Å². The summed E-state index contributed by atoms with van der Waals surface area (Å²) in [5, 5.41) is 27.5. The van der Waals surface area contributed by atoms with E-state index in [9.17, 15) is 31.3 Å². The van der Waals surface area contributed by atoms with E-state index in [0.717, 1.165) is 36.5 Å². The Morgan fingerprint density at radius 1 is 1.27 bits per heavy atom. The van der Waals surface area contributed by atoms with Gasteiger partial charge in [-0.1, -0.05) is 0 Å². The van der Waals surface area contributed by atoms with Gasteiger partial charge in [-0.25, -0.2) is 17.4 Å². The number of ether oxygens (including phenoxy) is 1. The van der Waals surface area contributed by atoms with Crippen molar-refractivity contribution >= 4 is 9.73 Å². The molecule has 0 radical (unpaired) electrons. The van der Waals surface area contributed by atoms with Crippen molar-refractivity contribution in [1.29, 1.82) is 10.5 Å². The standard InChI is InChI=1S/C18H10F5N3O3S/c19-10-3-9(7-24)4-11(5-10)29-13-1-2-14(30(28,17(20)21)26-8-25)15-12(13)6-18(22,23)16(15)27/h1-5,16-17,27H,6H2/t16-,30?/m0/s1. The van der Waals surface area contributed by atoms with Gasteiger partial charge in [0.25, 0.3) is 5.92 Å². The molecule has 3 rings (SSSR count). The van der Waals surface area contributed by atoms with Gasteiger partial charge >= 0.3 is 5.76 Å². The number of alkyl halides is 4. The number of benzene rings is 2. The van der Waals surface area contributed by atoms with E-state index in [1.165, 1.54) is 0 Å². The molecule has 0 bridgehead atoms.